The summed E-state index contributed by atoms with van der Waals surface area (Å²) < 4.78 is 16.6. The lowest BCUT2D eigenvalue weighted by Gasteiger charge is -2.29. The molecule has 0 spiro atoms. The van der Waals surface area contributed by atoms with Crippen molar-refractivity contribution in [1.29, 1.82) is 5.26 Å². The number of ether oxygens (including phenoxy) is 2. The van der Waals surface area contributed by atoms with Gasteiger partial charge in [-0.25, -0.2) is 9.59 Å². The normalized spacial score (nSPS) is 12.6. The summed E-state index contributed by atoms with van der Waals surface area (Å²) >= 11 is 0. The number of hydrogen-bond donors (Lipinski definition) is 1. The average Bonchev–Trinajstić information content (AvgIpc) is 3.43. The van der Waals surface area contributed by atoms with Crippen LogP contribution >= 0.6 is 0 Å². The SMILES string of the molecule is COC(=O)c1cc(-c2nnc(C(C)(Cc3ccccc3)NC(=O)OC(C)(C)C)o2)cc(-c2ccccc2C#N)c1. The first-order valence-corrected chi connectivity index (χ1v) is 12.6. The van der Waals surface area contributed by atoms with Gasteiger partial charge in [0.2, 0.25) is 11.8 Å². The van der Waals surface area contributed by atoms with E-state index in [9.17, 15) is 14.9 Å². The third-order valence-corrected chi connectivity index (χ3v) is 6.03. The van der Waals surface area contributed by atoms with Gasteiger partial charge in [0.05, 0.1) is 24.3 Å². The second kappa shape index (κ2) is 11.4. The van der Waals surface area contributed by atoms with Gasteiger partial charge in [-0.1, -0.05) is 48.5 Å². The molecule has 0 aliphatic rings. The number of methoxy groups -OCH3 is 1. The van der Waals surface area contributed by atoms with E-state index in [0.29, 0.717) is 28.7 Å². The Hall–Kier alpha value is -4.97. The van der Waals surface area contributed by atoms with Crippen LogP contribution in [0, 0.1) is 11.3 Å². The van der Waals surface area contributed by atoms with Crippen molar-refractivity contribution in [3.63, 3.8) is 0 Å². The summed E-state index contributed by atoms with van der Waals surface area (Å²) in [6.07, 6.45) is -0.286. The van der Waals surface area contributed by atoms with Crippen LogP contribution in [0.4, 0.5) is 4.79 Å². The zero-order valence-corrected chi connectivity index (χ0v) is 23.0. The third-order valence-electron chi connectivity index (χ3n) is 6.03. The summed E-state index contributed by atoms with van der Waals surface area (Å²) in [4.78, 5) is 25.4. The molecule has 1 N–H and O–H groups in total. The highest BCUT2D eigenvalue weighted by Crippen LogP contribution is 2.32. The number of aromatic nitrogens is 2. The Bertz CT molecular complexity index is 1570. The van der Waals surface area contributed by atoms with Crippen molar-refractivity contribution in [2.75, 3.05) is 7.11 Å². The van der Waals surface area contributed by atoms with Gasteiger partial charge in [0.15, 0.2) is 0 Å². The summed E-state index contributed by atoms with van der Waals surface area (Å²) in [5.41, 5.74) is 1.49. The molecule has 1 amide bonds. The van der Waals surface area contributed by atoms with Gasteiger partial charge in [0.25, 0.3) is 0 Å². The van der Waals surface area contributed by atoms with Crippen LogP contribution in [-0.4, -0.2) is 35.0 Å². The predicted octanol–water partition coefficient (Wildman–Crippen LogP) is 6.04. The average molecular weight is 539 g/mol. The van der Waals surface area contributed by atoms with Gasteiger partial charge in [-0.3, -0.25) is 0 Å². The first-order valence-electron chi connectivity index (χ1n) is 12.6. The molecule has 1 unspecified atom stereocenters. The minimum Gasteiger partial charge on any atom is -0.465 e. The van der Waals surface area contributed by atoms with Crippen LogP contribution in [0.25, 0.3) is 22.6 Å². The Labute approximate surface area is 232 Å². The van der Waals surface area contributed by atoms with Crippen LogP contribution < -0.4 is 5.32 Å². The Morgan fingerprint density at radius 2 is 1.62 bits per heavy atom. The molecule has 0 aliphatic heterocycles. The van der Waals surface area contributed by atoms with E-state index in [0.717, 1.165) is 5.56 Å². The van der Waals surface area contributed by atoms with E-state index in [1.807, 2.05) is 36.4 Å². The highest BCUT2D eigenvalue weighted by molar-refractivity contribution is 5.93. The van der Waals surface area contributed by atoms with Crippen LogP contribution in [0.5, 0.6) is 0 Å². The Morgan fingerprint density at radius 1 is 0.950 bits per heavy atom. The molecule has 0 radical (unpaired) electrons. The second-order valence-corrected chi connectivity index (χ2v) is 10.5. The smallest absolute Gasteiger partial charge is 0.408 e. The molecule has 0 saturated heterocycles. The molecule has 204 valence electrons. The maximum atomic E-state index is 12.8. The van der Waals surface area contributed by atoms with Crippen LogP contribution in [0.1, 0.15) is 55.1 Å². The first-order chi connectivity index (χ1) is 19.0. The van der Waals surface area contributed by atoms with Gasteiger partial charge >= 0.3 is 12.1 Å². The molecule has 0 saturated carbocycles. The quantitative estimate of drug-likeness (QED) is 0.282. The maximum Gasteiger partial charge on any atom is 0.408 e. The van der Waals surface area contributed by atoms with E-state index in [1.54, 1.807) is 64.1 Å². The Kier molecular flexibility index (Phi) is 8.00. The molecule has 1 atom stereocenters. The zero-order valence-electron chi connectivity index (χ0n) is 23.0. The second-order valence-electron chi connectivity index (χ2n) is 10.5. The van der Waals surface area contributed by atoms with E-state index >= 15 is 0 Å². The number of amides is 1. The third kappa shape index (κ3) is 6.53. The zero-order chi connectivity index (χ0) is 28.9. The van der Waals surface area contributed by atoms with Crippen molar-refractivity contribution < 1.29 is 23.5 Å². The van der Waals surface area contributed by atoms with Crippen LogP contribution in [0.2, 0.25) is 0 Å². The molecule has 0 fully saturated rings. The number of rotatable bonds is 7. The molecular weight excluding hydrogens is 508 g/mol. The van der Waals surface area contributed by atoms with Gasteiger partial charge in [-0.15, -0.1) is 10.2 Å². The van der Waals surface area contributed by atoms with E-state index in [2.05, 4.69) is 21.6 Å². The lowest BCUT2D eigenvalue weighted by molar-refractivity contribution is 0.0443. The van der Waals surface area contributed by atoms with Crippen molar-refractivity contribution in [2.45, 2.75) is 45.3 Å². The number of nitrogens with zero attached hydrogens (tertiary/aromatic N) is 3. The summed E-state index contributed by atoms with van der Waals surface area (Å²) in [6, 6.07) is 23.8. The Balaban J connectivity index is 1.78. The number of nitriles is 1. The standard InChI is InChI=1S/C31H30N4O5/c1-30(2,3)40-29(37)33-31(4,18-20-11-7-6-8-12-20)28-35-34-26(39-28)23-15-22(16-24(17-23)27(36)38-5)25-14-10-9-13-21(25)19-32/h6-17H,18H2,1-5H3,(H,33,37). The fourth-order valence-electron chi connectivity index (χ4n) is 4.24. The fourth-order valence-corrected chi connectivity index (χ4v) is 4.24. The predicted molar refractivity (Wildman–Crippen MR) is 148 cm³/mol. The minimum absolute atomic E-state index is 0.127. The summed E-state index contributed by atoms with van der Waals surface area (Å²) in [5.74, 6) is -0.279. The molecule has 3 aromatic carbocycles. The molecule has 0 bridgehead atoms. The number of carbonyl (C=O) groups excluding carboxylic acids is 2. The molecule has 0 aliphatic carbocycles. The number of alkyl carbamates (subject to hydrolysis) is 1. The van der Waals surface area contributed by atoms with E-state index in [1.165, 1.54) is 7.11 Å². The minimum atomic E-state index is -1.12. The van der Waals surface area contributed by atoms with Crippen molar-refractivity contribution in [3.05, 3.63) is 95.4 Å². The molecule has 40 heavy (non-hydrogen) atoms. The number of benzene rings is 3. The van der Waals surface area contributed by atoms with Crippen molar-refractivity contribution in [1.82, 2.24) is 15.5 Å². The molecule has 4 aromatic rings. The number of nitrogens with one attached hydrogen (secondary N) is 1. The fraction of sp³-hybridized carbons (Fsp3) is 0.258. The summed E-state index contributed by atoms with van der Waals surface area (Å²) in [5, 5.41) is 21.1. The summed E-state index contributed by atoms with van der Waals surface area (Å²) in [7, 11) is 1.29. The topological polar surface area (TPSA) is 127 Å². The number of hydrogen-bond acceptors (Lipinski definition) is 8. The van der Waals surface area contributed by atoms with Gasteiger partial charge in [-0.05, 0) is 68.7 Å². The van der Waals surface area contributed by atoms with Gasteiger partial charge in [0.1, 0.15) is 11.1 Å². The van der Waals surface area contributed by atoms with Crippen LogP contribution in [-0.2, 0) is 21.4 Å². The van der Waals surface area contributed by atoms with Crippen molar-refractivity contribution in [3.8, 4) is 28.7 Å². The molecule has 1 heterocycles. The first kappa shape index (κ1) is 28.0. The molecule has 9 heteroatoms. The lowest BCUT2D eigenvalue weighted by atomic mass is 9.92. The van der Waals surface area contributed by atoms with Crippen LogP contribution in [0.15, 0.2) is 77.2 Å². The largest absolute Gasteiger partial charge is 0.465 e. The lowest BCUT2D eigenvalue weighted by Crippen LogP contribution is -2.47. The number of esters is 1. The van der Waals surface area contributed by atoms with Gasteiger partial charge in [0, 0.05) is 12.0 Å². The van der Waals surface area contributed by atoms with Crippen molar-refractivity contribution in [2.24, 2.45) is 0 Å². The van der Waals surface area contributed by atoms with Crippen molar-refractivity contribution >= 4 is 12.1 Å². The highest BCUT2D eigenvalue weighted by Gasteiger charge is 2.37. The molecule has 4 rings (SSSR count). The van der Waals surface area contributed by atoms with Gasteiger partial charge < -0.3 is 19.2 Å². The molecular formula is C31H30N4O5. The number of carbonyl (C=O) groups is 2. The summed E-state index contributed by atoms with van der Waals surface area (Å²) in [6.45, 7) is 7.12. The van der Waals surface area contributed by atoms with E-state index in [4.69, 9.17) is 13.9 Å². The van der Waals surface area contributed by atoms with Gasteiger partial charge in [-0.2, -0.15) is 5.26 Å². The monoisotopic (exact) mass is 538 g/mol. The molecule has 9 nitrogen and oxygen atoms in total. The highest BCUT2D eigenvalue weighted by atomic mass is 16.6. The maximum absolute atomic E-state index is 12.8. The molecule has 1 aromatic heterocycles. The van der Waals surface area contributed by atoms with E-state index < -0.39 is 23.2 Å². The van der Waals surface area contributed by atoms with E-state index in [-0.39, 0.29) is 17.3 Å². The van der Waals surface area contributed by atoms with Crippen LogP contribution in [0.3, 0.4) is 0 Å². The Morgan fingerprint density at radius 3 is 2.30 bits per heavy atom.